The van der Waals surface area contributed by atoms with E-state index in [0.29, 0.717) is 6.04 Å². The predicted molar refractivity (Wildman–Crippen MR) is 97.4 cm³/mol. The average molecular weight is 330 g/mol. The summed E-state index contributed by atoms with van der Waals surface area (Å²) in [5, 5.41) is 5.61. The zero-order chi connectivity index (χ0) is 16.3. The molecule has 0 aliphatic carbocycles. The zero-order valence-electron chi connectivity index (χ0n) is 14.2. The molecule has 1 atom stereocenters. The van der Waals surface area contributed by atoms with Crippen molar-refractivity contribution in [2.24, 2.45) is 0 Å². The van der Waals surface area contributed by atoms with Gasteiger partial charge in [0.2, 0.25) is 0 Å². The fraction of sp³-hybridized carbons (Fsp3) is 0.474. The number of benzene rings is 1. The first-order chi connectivity index (χ1) is 11.0. The van der Waals surface area contributed by atoms with Crippen molar-refractivity contribution in [1.29, 1.82) is 0 Å². The number of nitrogens with one attached hydrogen (secondary N) is 1. The summed E-state index contributed by atoms with van der Waals surface area (Å²) in [6.07, 6.45) is 0. The number of nitrogens with zero attached hydrogens (tertiary/aromatic N) is 1. The first kappa shape index (κ1) is 16.5. The van der Waals surface area contributed by atoms with Crippen LogP contribution < -0.4 is 10.1 Å². The molecule has 0 bridgehead atoms. The van der Waals surface area contributed by atoms with Crippen molar-refractivity contribution in [3.05, 3.63) is 52.2 Å². The van der Waals surface area contributed by atoms with Crippen molar-refractivity contribution in [3.8, 4) is 5.75 Å². The minimum Gasteiger partial charge on any atom is -0.488 e. The maximum absolute atomic E-state index is 5.95. The molecule has 1 saturated heterocycles. The van der Waals surface area contributed by atoms with Crippen LogP contribution in [0.4, 0.5) is 0 Å². The van der Waals surface area contributed by atoms with Gasteiger partial charge in [-0.25, -0.2) is 0 Å². The van der Waals surface area contributed by atoms with Gasteiger partial charge in [0.15, 0.2) is 0 Å². The Kier molecular flexibility index (Phi) is 5.05. The van der Waals surface area contributed by atoms with Crippen LogP contribution >= 0.6 is 11.3 Å². The van der Waals surface area contributed by atoms with Crippen LogP contribution in [0.25, 0.3) is 0 Å². The quantitative estimate of drug-likeness (QED) is 0.919. The molecule has 3 rings (SSSR count). The van der Waals surface area contributed by atoms with E-state index < -0.39 is 0 Å². The van der Waals surface area contributed by atoms with E-state index in [1.807, 2.05) is 11.3 Å². The van der Waals surface area contributed by atoms with Gasteiger partial charge < -0.3 is 10.1 Å². The van der Waals surface area contributed by atoms with E-state index in [9.17, 15) is 0 Å². The van der Waals surface area contributed by atoms with Crippen LogP contribution in [-0.4, -0.2) is 36.7 Å². The predicted octanol–water partition coefficient (Wildman–Crippen LogP) is 3.92. The molecular formula is C19H26N2OS. The molecule has 124 valence electrons. The summed E-state index contributed by atoms with van der Waals surface area (Å²) in [5.41, 5.74) is 1.18. The van der Waals surface area contributed by atoms with Crippen LogP contribution in [0.1, 0.15) is 37.3 Å². The summed E-state index contributed by atoms with van der Waals surface area (Å²) in [7, 11) is 0. The summed E-state index contributed by atoms with van der Waals surface area (Å²) in [5.74, 6) is 0.937. The molecule has 2 aromatic rings. The monoisotopic (exact) mass is 330 g/mol. The van der Waals surface area contributed by atoms with Crippen LogP contribution in [0.2, 0.25) is 0 Å². The third-order valence-corrected chi connectivity index (χ3v) is 4.87. The van der Waals surface area contributed by atoms with Gasteiger partial charge in [-0.05, 0) is 49.9 Å². The maximum atomic E-state index is 5.95. The Balaban J connectivity index is 1.84. The highest BCUT2D eigenvalue weighted by molar-refractivity contribution is 7.10. The minimum atomic E-state index is -0.160. The first-order valence-electron chi connectivity index (χ1n) is 8.30. The summed E-state index contributed by atoms with van der Waals surface area (Å²) in [6, 6.07) is 13.4. The van der Waals surface area contributed by atoms with Gasteiger partial charge in [0.1, 0.15) is 11.4 Å². The van der Waals surface area contributed by atoms with Gasteiger partial charge in [0.25, 0.3) is 0 Å². The highest BCUT2D eigenvalue weighted by Crippen LogP contribution is 2.33. The van der Waals surface area contributed by atoms with Crippen LogP contribution in [0.3, 0.4) is 0 Å². The van der Waals surface area contributed by atoms with Crippen molar-refractivity contribution in [2.45, 2.75) is 32.4 Å². The largest absolute Gasteiger partial charge is 0.488 e. The van der Waals surface area contributed by atoms with Crippen molar-refractivity contribution < 1.29 is 4.74 Å². The number of hydrogen-bond donors (Lipinski definition) is 1. The number of piperazine rings is 1. The molecule has 1 aliphatic rings. The number of hydrogen-bond acceptors (Lipinski definition) is 4. The van der Waals surface area contributed by atoms with E-state index in [1.165, 1.54) is 10.4 Å². The molecule has 0 saturated carbocycles. The van der Waals surface area contributed by atoms with E-state index in [2.05, 4.69) is 72.8 Å². The normalized spacial score (nSPS) is 17.9. The molecule has 1 aromatic carbocycles. The van der Waals surface area contributed by atoms with E-state index >= 15 is 0 Å². The highest BCUT2D eigenvalue weighted by atomic mass is 32.1. The molecule has 1 aliphatic heterocycles. The van der Waals surface area contributed by atoms with Crippen molar-refractivity contribution >= 4 is 11.3 Å². The Hall–Kier alpha value is -1.36. The fourth-order valence-corrected chi connectivity index (χ4v) is 3.90. The van der Waals surface area contributed by atoms with Gasteiger partial charge in [0, 0.05) is 31.1 Å². The van der Waals surface area contributed by atoms with Gasteiger partial charge in [-0.15, -0.1) is 11.3 Å². The van der Waals surface area contributed by atoms with E-state index in [-0.39, 0.29) is 5.60 Å². The fourth-order valence-electron chi connectivity index (χ4n) is 3.01. The molecular weight excluding hydrogens is 304 g/mol. The molecule has 23 heavy (non-hydrogen) atoms. The maximum Gasteiger partial charge on any atom is 0.120 e. The number of rotatable bonds is 4. The Morgan fingerprint density at radius 3 is 2.35 bits per heavy atom. The van der Waals surface area contributed by atoms with Crippen LogP contribution in [0.15, 0.2) is 41.8 Å². The van der Waals surface area contributed by atoms with E-state index in [0.717, 1.165) is 31.9 Å². The van der Waals surface area contributed by atoms with Gasteiger partial charge in [-0.3, -0.25) is 4.90 Å². The second-order valence-corrected chi connectivity index (χ2v) is 7.97. The Bertz CT molecular complexity index is 595. The van der Waals surface area contributed by atoms with Crippen molar-refractivity contribution in [3.63, 3.8) is 0 Å². The number of thiophene rings is 1. The van der Waals surface area contributed by atoms with E-state index in [1.54, 1.807) is 0 Å². The van der Waals surface area contributed by atoms with E-state index in [4.69, 9.17) is 4.74 Å². The lowest BCUT2D eigenvalue weighted by molar-refractivity contribution is 0.131. The average Bonchev–Trinajstić information content (AvgIpc) is 3.03. The molecule has 2 heterocycles. The molecule has 0 spiro atoms. The first-order valence-corrected chi connectivity index (χ1v) is 9.18. The van der Waals surface area contributed by atoms with Crippen molar-refractivity contribution in [1.82, 2.24) is 10.2 Å². The topological polar surface area (TPSA) is 24.5 Å². The molecule has 4 heteroatoms. The number of ether oxygens (including phenoxy) is 1. The molecule has 1 fully saturated rings. The summed E-state index contributed by atoms with van der Waals surface area (Å²) >= 11 is 1.84. The molecule has 0 radical (unpaired) electrons. The Morgan fingerprint density at radius 2 is 1.78 bits per heavy atom. The lowest BCUT2D eigenvalue weighted by Gasteiger charge is -2.35. The summed E-state index contributed by atoms with van der Waals surface area (Å²) < 4.78 is 5.95. The summed E-state index contributed by atoms with van der Waals surface area (Å²) in [4.78, 5) is 3.98. The smallest absolute Gasteiger partial charge is 0.120 e. The molecule has 1 N–H and O–H groups in total. The van der Waals surface area contributed by atoms with Crippen LogP contribution in [0, 0.1) is 0 Å². The zero-order valence-corrected chi connectivity index (χ0v) is 15.0. The third-order valence-electron chi connectivity index (χ3n) is 3.95. The molecule has 0 amide bonds. The van der Waals surface area contributed by atoms with Gasteiger partial charge in [-0.2, -0.15) is 0 Å². The van der Waals surface area contributed by atoms with Crippen molar-refractivity contribution in [2.75, 3.05) is 26.2 Å². The van der Waals surface area contributed by atoms with Gasteiger partial charge >= 0.3 is 0 Å². The standard InChI is InChI=1S/C19H26N2OS/c1-19(2,3)22-16-8-6-15(7-9-16)18(17-5-4-14-23-17)21-12-10-20-11-13-21/h4-9,14,18,20H,10-13H2,1-3H3/t18-/m1/s1. The SMILES string of the molecule is CC(C)(C)Oc1ccc([C@H](c2cccs2)N2CCNCC2)cc1. The van der Waals surface area contributed by atoms with Gasteiger partial charge in [0.05, 0.1) is 6.04 Å². The minimum absolute atomic E-state index is 0.160. The molecule has 1 aromatic heterocycles. The lowest BCUT2D eigenvalue weighted by Crippen LogP contribution is -2.45. The molecule has 3 nitrogen and oxygen atoms in total. The Morgan fingerprint density at radius 1 is 1.09 bits per heavy atom. The van der Waals surface area contributed by atoms with Gasteiger partial charge in [-0.1, -0.05) is 18.2 Å². The second kappa shape index (κ2) is 7.04. The third kappa shape index (κ3) is 4.34. The summed E-state index contributed by atoms with van der Waals surface area (Å²) in [6.45, 7) is 10.5. The second-order valence-electron chi connectivity index (χ2n) is 6.99. The Labute approximate surface area is 143 Å². The van der Waals surface area contributed by atoms with Crippen LogP contribution in [-0.2, 0) is 0 Å². The molecule has 0 unspecified atom stereocenters. The van der Waals surface area contributed by atoms with Crippen LogP contribution in [0.5, 0.6) is 5.75 Å². The lowest BCUT2D eigenvalue weighted by atomic mass is 10.0. The highest BCUT2D eigenvalue weighted by Gasteiger charge is 2.24.